The predicted octanol–water partition coefficient (Wildman–Crippen LogP) is 2.26. The lowest BCUT2D eigenvalue weighted by atomic mass is 10.1. The number of hydrogen-bond acceptors (Lipinski definition) is 2. The summed E-state index contributed by atoms with van der Waals surface area (Å²) in [5.74, 6) is 0.478. The van der Waals surface area contributed by atoms with Gasteiger partial charge in [0.25, 0.3) is 0 Å². The van der Waals surface area contributed by atoms with Gasteiger partial charge in [-0.15, -0.1) is 0 Å². The smallest absolute Gasteiger partial charge is 0.409 e. The fourth-order valence-corrected chi connectivity index (χ4v) is 1.32. The molecule has 0 bridgehead atoms. The zero-order chi connectivity index (χ0) is 9.68. The number of hydrogen-bond donors (Lipinski definition) is 0. The quantitative estimate of drug-likeness (QED) is 0.675. The van der Waals surface area contributed by atoms with Gasteiger partial charge in [-0.1, -0.05) is 20.3 Å². The Kier molecular flexibility index (Phi) is 4.06. The van der Waals surface area contributed by atoms with Crippen LogP contribution in [0, 0.1) is 5.92 Å². The van der Waals surface area contributed by atoms with Crippen LogP contribution < -0.4 is 0 Å². The van der Waals surface area contributed by atoms with Crippen LogP contribution in [0.15, 0.2) is 0 Å². The van der Waals surface area contributed by atoms with Gasteiger partial charge in [-0.25, -0.2) is 4.79 Å². The van der Waals surface area contributed by atoms with Crippen molar-refractivity contribution < 1.29 is 9.53 Å². The van der Waals surface area contributed by atoms with Crippen molar-refractivity contribution in [3.8, 4) is 0 Å². The average Bonchev–Trinajstić information content (AvgIpc) is 2.66. The second-order valence-corrected chi connectivity index (χ2v) is 3.78. The van der Waals surface area contributed by atoms with E-state index in [9.17, 15) is 4.79 Å². The lowest BCUT2D eigenvalue weighted by Crippen LogP contribution is -2.29. The van der Waals surface area contributed by atoms with Crippen molar-refractivity contribution in [2.75, 3.05) is 19.7 Å². The van der Waals surface area contributed by atoms with Gasteiger partial charge >= 0.3 is 6.09 Å². The number of carbonyl (C=O) groups excluding carboxylic acids is 1. The molecule has 1 amide bonds. The molecule has 0 N–H and O–H groups in total. The third kappa shape index (κ3) is 3.25. The minimum absolute atomic E-state index is 0.127. The van der Waals surface area contributed by atoms with Crippen molar-refractivity contribution in [3.63, 3.8) is 0 Å². The largest absolute Gasteiger partial charge is 0.449 e. The summed E-state index contributed by atoms with van der Waals surface area (Å²) in [6.07, 6.45) is 3.18. The Morgan fingerprint density at radius 1 is 1.46 bits per heavy atom. The van der Waals surface area contributed by atoms with Crippen LogP contribution in [0.2, 0.25) is 0 Å². The first-order valence-corrected chi connectivity index (χ1v) is 5.15. The molecular formula is C10H19NO2. The maximum absolute atomic E-state index is 11.4. The molecule has 13 heavy (non-hydrogen) atoms. The molecule has 0 aliphatic carbocycles. The fourth-order valence-electron chi connectivity index (χ4n) is 1.32. The summed E-state index contributed by atoms with van der Waals surface area (Å²) < 4.78 is 5.17. The highest BCUT2D eigenvalue weighted by Gasteiger charge is 2.19. The third-order valence-corrected chi connectivity index (χ3v) is 2.55. The van der Waals surface area contributed by atoms with E-state index in [1.165, 1.54) is 0 Å². The maximum Gasteiger partial charge on any atom is 0.409 e. The summed E-state index contributed by atoms with van der Waals surface area (Å²) in [5, 5.41) is 0. The van der Waals surface area contributed by atoms with E-state index in [1.54, 1.807) is 4.90 Å². The topological polar surface area (TPSA) is 29.5 Å². The van der Waals surface area contributed by atoms with E-state index >= 15 is 0 Å². The average molecular weight is 185 g/mol. The van der Waals surface area contributed by atoms with E-state index in [0.717, 1.165) is 32.4 Å². The molecule has 3 heteroatoms. The minimum atomic E-state index is -0.127. The molecule has 76 valence electrons. The number of likely N-dealkylation sites (tertiary alicyclic amines) is 1. The molecule has 1 rings (SSSR count). The molecule has 3 nitrogen and oxygen atoms in total. The van der Waals surface area contributed by atoms with Gasteiger partial charge in [-0.05, 0) is 18.8 Å². The van der Waals surface area contributed by atoms with Crippen molar-refractivity contribution in [1.82, 2.24) is 4.90 Å². The van der Waals surface area contributed by atoms with Crippen molar-refractivity contribution in [2.45, 2.75) is 33.1 Å². The molecule has 1 fully saturated rings. The van der Waals surface area contributed by atoms with Crippen molar-refractivity contribution in [3.05, 3.63) is 0 Å². The molecule has 1 unspecified atom stereocenters. The Hall–Kier alpha value is -0.730. The van der Waals surface area contributed by atoms with Crippen LogP contribution in [0.3, 0.4) is 0 Å². The first-order chi connectivity index (χ1) is 6.24. The molecule has 1 heterocycles. The van der Waals surface area contributed by atoms with Gasteiger partial charge in [0.2, 0.25) is 0 Å². The highest BCUT2D eigenvalue weighted by atomic mass is 16.6. The van der Waals surface area contributed by atoms with Crippen LogP contribution in [0.1, 0.15) is 33.1 Å². The van der Waals surface area contributed by atoms with Gasteiger partial charge in [0, 0.05) is 13.1 Å². The zero-order valence-electron chi connectivity index (χ0n) is 8.58. The fraction of sp³-hybridized carbons (Fsp3) is 0.900. The number of rotatable bonds is 3. The Morgan fingerprint density at radius 2 is 2.08 bits per heavy atom. The van der Waals surface area contributed by atoms with Crippen molar-refractivity contribution in [1.29, 1.82) is 0 Å². The van der Waals surface area contributed by atoms with Crippen LogP contribution in [0.5, 0.6) is 0 Å². The first-order valence-electron chi connectivity index (χ1n) is 5.15. The Labute approximate surface area is 80.1 Å². The molecule has 1 saturated heterocycles. The zero-order valence-corrected chi connectivity index (χ0v) is 8.58. The van der Waals surface area contributed by atoms with Crippen molar-refractivity contribution in [2.24, 2.45) is 5.92 Å². The molecule has 0 aromatic carbocycles. The summed E-state index contributed by atoms with van der Waals surface area (Å²) in [4.78, 5) is 13.2. The lowest BCUT2D eigenvalue weighted by Gasteiger charge is -2.16. The van der Waals surface area contributed by atoms with Crippen LogP contribution in [0.4, 0.5) is 4.79 Å². The van der Waals surface area contributed by atoms with E-state index in [1.807, 2.05) is 0 Å². The molecule has 1 aliphatic heterocycles. The second kappa shape index (κ2) is 5.10. The first kappa shape index (κ1) is 10.4. The van der Waals surface area contributed by atoms with Gasteiger partial charge in [-0.2, -0.15) is 0 Å². The van der Waals surface area contributed by atoms with Gasteiger partial charge in [0.05, 0.1) is 6.61 Å². The summed E-state index contributed by atoms with van der Waals surface area (Å²) >= 11 is 0. The monoisotopic (exact) mass is 185 g/mol. The molecule has 0 radical (unpaired) electrons. The van der Waals surface area contributed by atoms with Crippen LogP contribution in [-0.2, 0) is 4.74 Å². The van der Waals surface area contributed by atoms with Gasteiger partial charge < -0.3 is 9.64 Å². The number of carbonyl (C=O) groups is 1. The molecular weight excluding hydrogens is 166 g/mol. The molecule has 0 aromatic rings. The van der Waals surface area contributed by atoms with Crippen LogP contribution in [0.25, 0.3) is 0 Å². The minimum Gasteiger partial charge on any atom is -0.449 e. The molecule has 0 saturated carbocycles. The van der Waals surface area contributed by atoms with Crippen LogP contribution >= 0.6 is 0 Å². The van der Waals surface area contributed by atoms with E-state index < -0.39 is 0 Å². The van der Waals surface area contributed by atoms with Gasteiger partial charge in [0.15, 0.2) is 0 Å². The van der Waals surface area contributed by atoms with Crippen LogP contribution in [-0.4, -0.2) is 30.7 Å². The molecule has 1 aliphatic rings. The predicted molar refractivity (Wildman–Crippen MR) is 51.6 cm³/mol. The van der Waals surface area contributed by atoms with Gasteiger partial charge in [0.1, 0.15) is 0 Å². The highest BCUT2D eigenvalue weighted by molar-refractivity contribution is 5.67. The molecule has 1 atom stereocenters. The molecule has 0 aromatic heterocycles. The normalized spacial score (nSPS) is 18.8. The summed E-state index contributed by atoms with van der Waals surface area (Å²) in [6, 6.07) is 0. The second-order valence-electron chi connectivity index (χ2n) is 3.78. The summed E-state index contributed by atoms with van der Waals surface area (Å²) in [7, 11) is 0. The summed E-state index contributed by atoms with van der Waals surface area (Å²) in [6.45, 7) is 6.51. The number of amides is 1. The number of nitrogens with zero attached hydrogens (tertiary/aromatic N) is 1. The summed E-state index contributed by atoms with van der Waals surface area (Å²) in [5.41, 5.74) is 0. The van der Waals surface area contributed by atoms with E-state index in [2.05, 4.69) is 13.8 Å². The Bertz CT molecular complexity index is 164. The maximum atomic E-state index is 11.4. The third-order valence-electron chi connectivity index (χ3n) is 2.55. The Balaban J connectivity index is 2.16. The van der Waals surface area contributed by atoms with Gasteiger partial charge in [-0.3, -0.25) is 0 Å². The van der Waals surface area contributed by atoms with Crippen molar-refractivity contribution >= 4 is 6.09 Å². The number of ether oxygens (including phenoxy) is 1. The molecule has 0 spiro atoms. The Morgan fingerprint density at radius 3 is 2.62 bits per heavy atom. The van der Waals surface area contributed by atoms with E-state index in [0.29, 0.717) is 12.5 Å². The SMILES string of the molecule is CCC(C)COC(=O)N1CCCC1. The lowest BCUT2D eigenvalue weighted by molar-refractivity contribution is 0.0965. The van der Waals surface area contributed by atoms with E-state index in [-0.39, 0.29) is 6.09 Å². The van der Waals surface area contributed by atoms with E-state index in [4.69, 9.17) is 4.74 Å². The standard InChI is InChI=1S/C10H19NO2/c1-3-9(2)8-13-10(12)11-6-4-5-7-11/h9H,3-8H2,1-2H3. The highest BCUT2D eigenvalue weighted by Crippen LogP contribution is 2.10.